The summed E-state index contributed by atoms with van der Waals surface area (Å²) in [6, 6.07) is 0. The summed E-state index contributed by atoms with van der Waals surface area (Å²) in [6.07, 6.45) is 0. The van der Waals surface area contributed by atoms with Crippen LogP contribution in [0.5, 0.6) is 0 Å². The Morgan fingerprint density at radius 2 is 0.846 bits per heavy atom. The Balaban J connectivity index is 4.19. The molecule has 0 unspecified atom stereocenters. The summed E-state index contributed by atoms with van der Waals surface area (Å²) in [7, 11) is 8.06. The van der Waals surface area contributed by atoms with Gasteiger partial charge in [0.05, 0.1) is 0 Å². The number of thiol groups is 4. The van der Waals surface area contributed by atoms with Gasteiger partial charge in [-0.25, -0.2) is 0 Å². The summed E-state index contributed by atoms with van der Waals surface area (Å²) in [6.45, 7) is 0. The van der Waals surface area contributed by atoms with E-state index < -0.39 is 12.8 Å². The van der Waals surface area contributed by atoms with Crippen molar-refractivity contribution in [3.63, 3.8) is 0 Å². The van der Waals surface area contributed by atoms with Gasteiger partial charge in [-0.2, -0.15) is 0 Å². The average Bonchev–Trinajstić information content (AvgIpc) is 2.06. The van der Waals surface area contributed by atoms with Crippen LogP contribution in [-0.2, 0) is 0 Å². The SMILES string of the molecule is SC[S][Sn]([S]CS)([S]CS)[S]CS. The molecule has 0 spiro atoms. The second-order valence-corrected chi connectivity index (χ2v) is 46.5. The Kier molecular flexibility index (Phi) is 13.7. The van der Waals surface area contributed by atoms with Gasteiger partial charge in [0, 0.05) is 0 Å². The van der Waals surface area contributed by atoms with E-state index in [2.05, 4.69) is 50.5 Å². The first kappa shape index (κ1) is 16.6. The van der Waals surface area contributed by atoms with Gasteiger partial charge in [0.1, 0.15) is 0 Å². The zero-order chi connectivity index (χ0) is 10.2. The van der Waals surface area contributed by atoms with Crippen LogP contribution in [0, 0.1) is 0 Å². The molecule has 0 amide bonds. The molecule has 9 heteroatoms. The van der Waals surface area contributed by atoms with Crippen molar-refractivity contribution in [3.05, 3.63) is 0 Å². The zero-order valence-electron chi connectivity index (χ0n) is 6.75. The van der Waals surface area contributed by atoms with Crippen LogP contribution in [-0.4, -0.2) is 33.2 Å². The van der Waals surface area contributed by atoms with Crippen molar-refractivity contribution in [1.82, 2.24) is 0 Å². The molecule has 0 saturated heterocycles. The first-order valence-corrected chi connectivity index (χ1v) is 23.7. The van der Waals surface area contributed by atoms with Gasteiger partial charge in [0.15, 0.2) is 0 Å². The van der Waals surface area contributed by atoms with Crippen molar-refractivity contribution in [2.45, 2.75) is 0 Å². The van der Waals surface area contributed by atoms with E-state index in [4.69, 9.17) is 0 Å². The molecule has 0 aromatic carbocycles. The van der Waals surface area contributed by atoms with Gasteiger partial charge in [-0.15, -0.1) is 0 Å². The van der Waals surface area contributed by atoms with Gasteiger partial charge in [-0.1, -0.05) is 0 Å². The van der Waals surface area contributed by atoms with E-state index in [0.717, 1.165) is 20.3 Å². The molecule has 0 aromatic rings. The van der Waals surface area contributed by atoms with Crippen LogP contribution in [0.4, 0.5) is 0 Å². The molecule has 0 N–H and O–H groups in total. The van der Waals surface area contributed by atoms with Crippen molar-refractivity contribution in [1.29, 1.82) is 0 Å². The Morgan fingerprint density at radius 3 is 1.00 bits per heavy atom. The first-order valence-electron chi connectivity index (χ1n) is 3.24. The minimum absolute atomic E-state index is 0.901. The van der Waals surface area contributed by atoms with Gasteiger partial charge in [0.2, 0.25) is 0 Å². The van der Waals surface area contributed by atoms with Crippen molar-refractivity contribution < 1.29 is 0 Å². The van der Waals surface area contributed by atoms with Gasteiger partial charge < -0.3 is 0 Å². The number of hydrogen-bond donors (Lipinski definition) is 4. The van der Waals surface area contributed by atoms with Crippen LogP contribution in [0.25, 0.3) is 0 Å². The summed E-state index contributed by atoms with van der Waals surface area (Å²) in [5, 5.41) is 3.60. The Bertz CT molecular complexity index is 91.2. The normalized spacial score (nSPS) is 12.0. The molecule has 0 atom stereocenters. The maximum atomic E-state index is 4.29. The molecule has 0 radical (unpaired) electrons. The predicted molar refractivity (Wildman–Crippen MR) is 91.5 cm³/mol. The van der Waals surface area contributed by atoms with Crippen molar-refractivity contribution in [2.75, 3.05) is 20.3 Å². The van der Waals surface area contributed by atoms with E-state index in [1.54, 1.807) is 0 Å². The van der Waals surface area contributed by atoms with Crippen LogP contribution in [0.3, 0.4) is 0 Å². The molecule has 0 heterocycles. The first-order chi connectivity index (χ1) is 6.24. The second kappa shape index (κ2) is 10.7. The molecule has 0 aliphatic heterocycles. The van der Waals surface area contributed by atoms with Crippen LogP contribution in [0.2, 0.25) is 0 Å². The second-order valence-electron chi connectivity index (χ2n) is 1.59. The van der Waals surface area contributed by atoms with Gasteiger partial charge in [0.25, 0.3) is 0 Å². The van der Waals surface area contributed by atoms with Gasteiger partial charge >= 0.3 is 119 Å². The van der Waals surface area contributed by atoms with E-state index in [-0.39, 0.29) is 0 Å². The topological polar surface area (TPSA) is 0 Å². The molecular weight excluding hydrogens is 423 g/mol. The third-order valence-corrected chi connectivity index (χ3v) is 58.3. The van der Waals surface area contributed by atoms with Crippen LogP contribution in [0.15, 0.2) is 0 Å². The quantitative estimate of drug-likeness (QED) is 0.259. The minimum atomic E-state index is -2.20. The molecule has 0 aliphatic rings. The molecule has 13 heavy (non-hydrogen) atoms. The summed E-state index contributed by atoms with van der Waals surface area (Å²) in [5.74, 6) is 0. The summed E-state index contributed by atoms with van der Waals surface area (Å²) in [5.41, 5.74) is 0. The Hall–Kier alpha value is 3.60. The molecule has 0 nitrogen and oxygen atoms in total. The summed E-state index contributed by atoms with van der Waals surface area (Å²) in [4.78, 5) is 0. The average molecular weight is 435 g/mol. The predicted octanol–water partition coefficient (Wildman–Crippen LogP) is 3.90. The molecular formula is C4H12S8Sn. The Morgan fingerprint density at radius 1 is 0.615 bits per heavy atom. The molecule has 0 bridgehead atoms. The molecule has 0 rings (SSSR count). The van der Waals surface area contributed by atoms with E-state index in [0.29, 0.717) is 0 Å². The standard InChI is InChI=1S/4CH4S2.Sn/c4*2-1-3;/h4*2-3H,1H2;/q;;;;+4/p-4. The molecule has 80 valence electrons. The van der Waals surface area contributed by atoms with Crippen molar-refractivity contribution >= 4 is 99.1 Å². The van der Waals surface area contributed by atoms with Crippen molar-refractivity contribution in [2.24, 2.45) is 0 Å². The molecule has 0 aromatic heterocycles. The fraction of sp³-hybridized carbons (Fsp3) is 1.00. The maximum absolute atomic E-state index is 4.29. The van der Waals surface area contributed by atoms with Crippen molar-refractivity contribution in [3.8, 4) is 0 Å². The fourth-order valence-corrected chi connectivity index (χ4v) is 72.4. The third kappa shape index (κ3) is 7.51. The summed E-state index contributed by atoms with van der Waals surface area (Å²) < 4.78 is 0. The van der Waals surface area contributed by atoms with E-state index >= 15 is 0 Å². The van der Waals surface area contributed by atoms with Gasteiger partial charge in [-0.05, 0) is 0 Å². The van der Waals surface area contributed by atoms with Crippen LogP contribution >= 0.6 is 86.3 Å². The number of hydrogen-bond acceptors (Lipinski definition) is 8. The number of rotatable bonds is 8. The zero-order valence-corrected chi connectivity index (χ0v) is 16.4. The van der Waals surface area contributed by atoms with Crippen LogP contribution in [0.1, 0.15) is 0 Å². The van der Waals surface area contributed by atoms with E-state index in [1.165, 1.54) is 0 Å². The van der Waals surface area contributed by atoms with Gasteiger partial charge in [-0.3, -0.25) is 0 Å². The molecule has 0 aliphatic carbocycles. The third-order valence-electron chi connectivity index (χ3n) is 0.965. The Labute approximate surface area is 117 Å². The van der Waals surface area contributed by atoms with Crippen LogP contribution < -0.4 is 0 Å². The fourth-order valence-electron chi connectivity index (χ4n) is 0.566. The molecule has 0 fully saturated rings. The van der Waals surface area contributed by atoms with E-state index in [9.17, 15) is 0 Å². The summed E-state index contributed by atoms with van der Waals surface area (Å²) >= 11 is 15.0. The monoisotopic (exact) mass is 436 g/mol. The van der Waals surface area contributed by atoms with E-state index in [1.807, 2.05) is 35.8 Å². The molecule has 0 saturated carbocycles.